The van der Waals surface area contributed by atoms with E-state index in [2.05, 4.69) is 13.2 Å². The Bertz CT molecular complexity index is 156. The van der Waals surface area contributed by atoms with E-state index in [0.717, 1.165) is 11.5 Å². The van der Waals surface area contributed by atoms with Gasteiger partial charge in [-0.2, -0.15) is 0 Å². The van der Waals surface area contributed by atoms with Gasteiger partial charge in [-0.05, 0) is 0 Å². The number of nitrogens with two attached hydrogens (primary N) is 2. The van der Waals surface area contributed by atoms with E-state index in [1.165, 1.54) is 23.5 Å². The average Bonchev–Trinajstić information content (AvgIpc) is 2.01. The van der Waals surface area contributed by atoms with E-state index in [9.17, 15) is 0 Å². The van der Waals surface area contributed by atoms with E-state index in [4.69, 9.17) is 16.2 Å². The average molecular weight is 220 g/mol. The fraction of sp³-hybridized carbons (Fsp3) is 0.500. The second kappa shape index (κ2) is 8.34. The van der Waals surface area contributed by atoms with Crippen LogP contribution in [0, 0.1) is 0 Å². The molecule has 0 aliphatic carbocycles. The van der Waals surface area contributed by atoms with E-state index >= 15 is 0 Å². The highest BCUT2D eigenvalue weighted by molar-refractivity contribution is 8.03. The first-order chi connectivity index (χ1) is 6.13. The van der Waals surface area contributed by atoms with Gasteiger partial charge in [0.2, 0.25) is 0 Å². The van der Waals surface area contributed by atoms with Crippen molar-refractivity contribution < 1.29 is 4.74 Å². The van der Waals surface area contributed by atoms with Crippen LogP contribution in [0.5, 0.6) is 0 Å². The van der Waals surface area contributed by atoms with Crippen molar-refractivity contribution in [2.45, 2.75) is 0 Å². The molecule has 0 bridgehead atoms. The van der Waals surface area contributed by atoms with Gasteiger partial charge in [0.25, 0.3) is 0 Å². The minimum atomic E-state index is 0.633. The number of hydrogen-bond donors (Lipinski definition) is 2. The molecule has 0 fully saturated rings. The molecular weight excluding hydrogens is 204 g/mol. The second-order valence-electron chi connectivity index (χ2n) is 2.24. The molecule has 0 saturated heterocycles. The molecule has 0 aromatic rings. The summed E-state index contributed by atoms with van der Waals surface area (Å²) in [5.41, 5.74) is 10.7. The van der Waals surface area contributed by atoms with Gasteiger partial charge in [-0.15, -0.1) is 23.5 Å². The van der Waals surface area contributed by atoms with Crippen molar-refractivity contribution in [3.63, 3.8) is 0 Å². The Morgan fingerprint density at radius 2 is 1.38 bits per heavy atom. The van der Waals surface area contributed by atoms with Crippen LogP contribution < -0.4 is 11.5 Å². The first-order valence-electron chi connectivity index (χ1n) is 3.85. The maximum absolute atomic E-state index is 5.35. The number of rotatable bonds is 8. The highest BCUT2D eigenvalue weighted by Crippen LogP contribution is 2.07. The molecule has 0 unspecified atom stereocenters. The van der Waals surface area contributed by atoms with Gasteiger partial charge in [-0.1, -0.05) is 13.2 Å². The van der Waals surface area contributed by atoms with Crippen molar-refractivity contribution in [2.75, 3.05) is 24.7 Å². The van der Waals surface area contributed by atoms with E-state index in [1.807, 2.05) is 0 Å². The lowest BCUT2D eigenvalue weighted by Crippen LogP contribution is -2.03. The van der Waals surface area contributed by atoms with E-state index in [1.54, 1.807) is 0 Å². The number of thioether (sulfide) groups is 2. The van der Waals surface area contributed by atoms with Crippen LogP contribution in [0.15, 0.2) is 23.2 Å². The monoisotopic (exact) mass is 220 g/mol. The normalized spacial score (nSPS) is 9.85. The van der Waals surface area contributed by atoms with Gasteiger partial charge in [0.15, 0.2) is 0 Å². The molecule has 0 aromatic carbocycles. The molecule has 0 rings (SSSR count). The van der Waals surface area contributed by atoms with Crippen molar-refractivity contribution >= 4 is 23.5 Å². The zero-order valence-corrected chi connectivity index (χ0v) is 9.26. The molecule has 4 N–H and O–H groups in total. The van der Waals surface area contributed by atoms with Crippen LogP contribution in [0.4, 0.5) is 0 Å². The first kappa shape index (κ1) is 12.7. The van der Waals surface area contributed by atoms with Gasteiger partial charge in [0.05, 0.1) is 23.3 Å². The van der Waals surface area contributed by atoms with Crippen molar-refractivity contribution in [3.8, 4) is 0 Å². The molecule has 0 heterocycles. The number of ether oxygens (including phenoxy) is 1. The van der Waals surface area contributed by atoms with E-state index in [-0.39, 0.29) is 0 Å². The third kappa shape index (κ3) is 11.7. The highest BCUT2D eigenvalue weighted by Gasteiger charge is 1.92. The molecule has 0 atom stereocenters. The van der Waals surface area contributed by atoms with Gasteiger partial charge < -0.3 is 16.2 Å². The first-order valence-corrected chi connectivity index (χ1v) is 5.82. The minimum absolute atomic E-state index is 0.633. The van der Waals surface area contributed by atoms with Crippen LogP contribution in [-0.2, 0) is 4.74 Å². The third-order valence-corrected chi connectivity index (χ3v) is 2.51. The molecule has 0 aromatic heterocycles. The summed E-state index contributed by atoms with van der Waals surface area (Å²) in [5, 5.41) is 1.27. The Morgan fingerprint density at radius 1 is 1.00 bits per heavy atom. The summed E-state index contributed by atoms with van der Waals surface area (Å²) in [6.07, 6.45) is 0. The molecule has 0 aliphatic heterocycles. The standard InChI is InChI=1S/C8H16N2OS2/c1-7(9)12-5-3-11-4-6-13-8(2)10/h1-6,9-10H2. The van der Waals surface area contributed by atoms with Crippen molar-refractivity contribution in [1.82, 2.24) is 0 Å². The van der Waals surface area contributed by atoms with Gasteiger partial charge in [-0.3, -0.25) is 0 Å². The molecule has 0 aliphatic rings. The molecule has 0 spiro atoms. The Hall–Kier alpha value is -0.260. The topological polar surface area (TPSA) is 61.3 Å². The number of hydrogen-bond acceptors (Lipinski definition) is 5. The molecule has 0 amide bonds. The van der Waals surface area contributed by atoms with Gasteiger partial charge in [-0.25, -0.2) is 0 Å². The fourth-order valence-corrected chi connectivity index (χ4v) is 1.49. The summed E-state index contributed by atoms with van der Waals surface area (Å²) >= 11 is 3.01. The molecule has 76 valence electrons. The molecule has 5 heteroatoms. The highest BCUT2D eigenvalue weighted by atomic mass is 32.2. The van der Waals surface area contributed by atoms with Crippen LogP contribution in [0.2, 0.25) is 0 Å². The van der Waals surface area contributed by atoms with Crippen LogP contribution in [0.3, 0.4) is 0 Å². The summed E-state index contributed by atoms with van der Waals surface area (Å²) in [5.74, 6) is 1.70. The Kier molecular flexibility index (Phi) is 8.18. The summed E-state index contributed by atoms with van der Waals surface area (Å²) in [7, 11) is 0. The zero-order valence-electron chi connectivity index (χ0n) is 7.62. The van der Waals surface area contributed by atoms with Gasteiger partial charge in [0, 0.05) is 11.5 Å². The third-order valence-electron chi connectivity index (χ3n) is 1.03. The molecule has 3 nitrogen and oxygen atoms in total. The van der Waals surface area contributed by atoms with Gasteiger partial charge >= 0.3 is 0 Å². The fourth-order valence-electron chi connectivity index (χ4n) is 0.565. The smallest absolute Gasteiger partial charge is 0.0582 e. The summed E-state index contributed by atoms with van der Waals surface area (Å²) in [6.45, 7) is 8.52. The van der Waals surface area contributed by atoms with Crippen molar-refractivity contribution in [3.05, 3.63) is 23.2 Å². The van der Waals surface area contributed by atoms with E-state index < -0.39 is 0 Å². The van der Waals surface area contributed by atoms with Crippen molar-refractivity contribution in [2.24, 2.45) is 11.5 Å². The lowest BCUT2D eigenvalue weighted by Gasteiger charge is -2.03. The Labute approximate surface area is 88.0 Å². The van der Waals surface area contributed by atoms with Crippen LogP contribution >= 0.6 is 23.5 Å². The molecular formula is C8H16N2OS2. The summed E-state index contributed by atoms with van der Waals surface area (Å²) in [4.78, 5) is 0. The molecule has 13 heavy (non-hydrogen) atoms. The summed E-state index contributed by atoms with van der Waals surface area (Å²) in [6, 6.07) is 0. The van der Waals surface area contributed by atoms with Crippen molar-refractivity contribution in [1.29, 1.82) is 0 Å². The maximum atomic E-state index is 5.35. The predicted octanol–water partition coefficient (Wildman–Crippen LogP) is 1.33. The van der Waals surface area contributed by atoms with Gasteiger partial charge in [0.1, 0.15) is 0 Å². The van der Waals surface area contributed by atoms with E-state index in [0.29, 0.717) is 23.3 Å². The largest absolute Gasteiger partial charge is 0.394 e. The SMILES string of the molecule is C=C(N)SCCOCCSC(=C)N. The van der Waals surface area contributed by atoms with Crippen LogP contribution in [0.1, 0.15) is 0 Å². The predicted molar refractivity (Wildman–Crippen MR) is 62.4 cm³/mol. The Balaban J connectivity index is 3.00. The quantitative estimate of drug-likeness (QED) is 0.604. The molecule has 0 radical (unpaired) electrons. The minimum Gasteiger partial charge on any atom is -0.394 e. The lowest BCUT2D eigenvalue weighted by molar-refractivity contribution is 0.167. The molecule has 0 saturated carbocycles. The summed E-state index contributed by atoms with van der Waals surface area (Å²) < 4.78 is 5.30. The van der Waals surface area contributed by atoms with Crippen LogP contribution in [-0.4, -0.2) is 24.7 Å². The lowest BCUT2D eigenvalue weighted by atomic mass is 10.8. The second-order valence-corrected chi connectivity index (χ2v) is 4.68. The Morgan fingerprint density at radius 3 is 1.69 bits per heavy atom. The zero-order chi connectivity index (χ0) is 10.1. The van der Waals surface area contributed by atoms with Crippen LogP contribution in [0.25, 0.3) is 0 Å². The maximum Gasteiger partial charge on any atom is 0.0582 e.